The number of rotatable bonds is 5. The number of aryl methyl sites for hydroxylation is 1. The second-order valence-corrected chi connectivity index (χ2v) is 13.1. The van der Waals surface area contributed by atoms with E-state index < -0.39 is 41.2 Å². The minimum absolute atomic E-state index is 0.0519. The van der Waals surface area contributed by atoms with Crippen LogP contribution < -0.4 is 14.7 Å². The van der Waals surface area contributed by atoms with Crippen molar-refractivity contribution in [3.63, 3.8) is 0 Å². The number of likely N-dealkylation sites (N-methyl/N-ethyl adjacent to an activating group) is 1. The number of para-hydroxylation sites is 1. The molecule has 0 radical (unpaired) electrons. The third-order valence-electron chi connectivity index (χ3n) is 9.66. The molecule has 2 aromatic rings. The van der Waals surface area contributed by atoms with E-state index in [1.165, 1.54) is 24.9 Å². The Balaban J connectivity index is 1.28. The Morgan fingerprint density at radius 2 is 1.85 bits per heavy atom. The van der Waals surface area contributed by atoms with Gasteiger partial charge in [0.15, 0.2) is 0 Å². The lowest BCUT2D eigenvalue weighted by molar-refractivity contribution is -0.137. The van der Waals surface area contributed by atoms with Gasteiger partial charge in [-0.1, -0.05) is 24.2 Å². The third kappa shape index (κ3) is 5.83. The number of pyridine rings is 1. The number of benzene rings is 1. The molecule has 4 aliphatic heterocycles. The largest absolute Gasteiger partial charge is 0.416 e. The Bertz CT molecular complexity index is 1570. The van der Waals surface area contributed by atoms with Gasteiger partial charge < -0.3 is 14.7 Å². The van der Waals surface area contributed by atoms with Crippen molar-refractivity contribution >= 4 is 46.5 Å². The van der Waals surface area contributed by atoms with Crippen molar-refractivity contribution in [3.8, 4) is 0 Å². The van der Waals surface area contributed by atoms with Crippen LogP contribution in [0, 0.1) is 12.8 Å². The smallest absolute Gasteiger partial charge is 0.365 e. The quantitative estimate of drug-likeness (QED) is 0.348. The molecule has 0 bridgehead atoms. The van der Waals surface area contributed by atoms with Gasteiger partial charge in [0.05, 0.1) is 28.5 Å². The number of likely N-dealkylation sites (tertiary alicyclic amines) is 2. The molecule has 3 fully saturated rings. The highest BCUT2D eigenvalue weighted by atomic mass is 35.5. The summed E-state index contributed by atoms with van der Waals surface area (Å²) in [6.45, 7) is 7.10. The zero-order chi connectivity index (χ0) is 33.1. The molecule has 0 aliphatic carbocycles. The van der Waals surface area contributed by atoms with Crippen molar-refractivity contribution in [1.29, 1.82) is 0 Å². The monoisotopic (exact) mass is 662 g/mol. The first kappa shape index (κ1) is 32.2. The van der Waals surface area contributed by atoms with Gasteiger partial charge in [0.1, 0.15) is 17.5 Å². The number of anilines is 3. The van der Waals surface area contributed by atoms with Crippen LogP contribution in [0.15, 0.2) is 43.0 Å². The highest BCUT2D eigenvalue weighted by Crippen LogP contribution is 2.44. The summed E-state index contributed by atoms with van der Waals surface area (Å²) in [4.78, 5) is 51.7. The molecule has 246 valence electrons. The number of halogens is 5. The van der Waals surface area contributed by atoms with E-state index in [1.54, 1.807) is 28.0 Å². The number of carbonyl (C=O) groups excluding carboxylic acids is 3. The minimum Gasteiger partial charge on any atom is -0.365 e. The van der Waals surface area contributed by atoms with Crippen LogP contribution in [0.3, 0.4) is 0 Å². The van der Waals surface area contributed by atoms with Crippen LogP contribution in [0.2, 0.25) is 5.02 Å². The Hall–Kier alpha value is -3.71. The van der Waals surface area contributed by atoms with E-state index in [0.29, 0.717) is 42.6 Å². The van der Waals surface area contributed by atoms with Crippen LogP contribution in [0.1, 0.15) is 30.5 Å². The van der Waals surface area contributed by atoms with Crippen molar-refractivity contribution in [2.24, 2.45) is 5.92 Å². The van der Waals surface area contributed by atoms with Gasteiger partial charge in [-0.15, -0.1) is 0 Å². The van der Waals surface area contributed by atoms with E-state index >= 15 is 4.39 Å². The molecule has 0 spiro atoms. The molecule has 2 atom stereocenters. The van der Waals surface area contributed by atoms with E-state index in [-0.39, 0.29) is 55.8 Å². The maximum Gasteiger partial charge on any atom is 0.416 e. The standard InChI is InChI=1S/C32H35ClF4N6O3/c1-4-26(44)41-16-22(17-41)40-10-8-31(34,9-11-40)18-42-15-20-13-27(45)43(25-14-21(32(35,36)37)12-19(2)38-25)28(20)30(46)39(3)24-7-5-6-23(33)29(24)42/h4-7,12,14,20,22,28H,1,8-11,13,15-18H2,2-3H3/t20-,28+/m1/s1. The average Bonchev–Trinajstić information content (AvgIpc) is 3.29. The van der Waals surface area contributed by atoms with Gasteiger partial charge >= 0.3 is 6.18 Å². The number of alkyl halides is 4. The van der Waals surface area contributed by atoms with E-state index in [2.05, 4.69) is 16.5 Å². The fourth-order valence-electron chi connectivity index (χ4n) is 7.19. The summed E-state index contributed by atoms with van der Waals surface area (Å²) in [6.07, 6.45) is -3.06. The second-order valence-electron chi connectivity index (χ2n) is 12.7. The van der Waals surface area contributed by atoms with Crippen LogP contribution in [0.5, 0.6) is 0 Å². The molecule has 0 saturated carbocycles. The lowest BCUT2D eigenvalue weighted by Gasteiger charge is -2.49. The fraction of sp³-hybridized carbons (Fsp3) is 0.500. The molecule has 1 aromatic carbocycles. The Labute approximate surface area is 269 Å². The summed E-state index contributed by atoms with van der Waals surface area (Å²) in [5.41, 5.74) is -1.66. The predicted molar refractivity (Wildman–Crippen MR) is 166 cm³/mol. The molecular weight excluding hydrogens is 628 g/mol. The predicted octanol–water partition coefficient (Wildman–Crippen LogP) is 4.47. The van der Waals surface area contributed by atoms with Crippen molar-refractivity contribution in [3.05, 3.63) is 59.3 Å². The third-order valence-corrected chi connectivity index (χ3v) is 9.96. The number of carbonyl (C=O) groups is 3. The van der Waals surface area contributed by atoms with Gasteiger partial charge in [-0.05, 0) is 50.1 Å². The molecule has 3 saturated heterocycles. The zero-order valence-electron chi connectivity index (χ0n) is 25.6. The summed E-state index contributed by atoms with van der Waals surface area (Å²) in [6, 6.07) is 5.70. The normalized spacial score (nSPS) is 23.9. The number of amides is 3. The maximum atomic E-state index is 16.7. The Kier molecular flexibility index (Phi) is 8.29. The highest BCUT2D eigenvalue weighted by molar-refractivity contribution is 6.34. The molecule has 6 rings (SSSR count). The van der Waals surface area contributed by atoms with Gasteiger partial charge in [0, 0.05) is 63.8 Å². The van der Waals surface area contributed by atoms with Crippen molar-refractivity contribution < 1.29 is 31.9 Å². The average molecular weight is 663 g/mol. The topological polar surface area (TPSA) is 80.3 Å². The summed E-state index contributed by atoms with van der Waals surface area (Å²) in [5.74, 6) is -2.07. The molecule has 14 heteroatoms. The lowest BCUT2D eigenvalue weighted by atomic mass is 9.89. The molecule has 0 unspecified atom stereocenters. The van der Waals surface area contributed by atoms with Gasteiger partial charge in [0.25, 0.3) is 0 Å². The summed E-state index contributed by atoms with van der Waals surface area (Å²) in [5, 5.41) is 0.314. The van der Waals surface area contributed by atoms with Crippen LogP contribution in [-0.2, 0) is 20.6 Å². The highest BCUT2D eigenvalue weighted by Gasteiger charge is 2.51. The molecular formula is C32H35ClF4N6O3. The Morgan fingerprint density at radius 1 is 1.15 bits per heavy atom. The molecule has 3 amide bonds. The van der Waals surface area contributed by atoms with Crippen LogP contribution in [0.4, 0.5) is 34.8 Å². The van der Waals surface area contributed by atoms with E-state index in [0.717, 1.165) is 17.0 Å². The van der Waals surface area contributed by atoms with E-state index in [1.807, 2.05) is 0 Å². The van der Waals surface area contributed by atoms with Gasteiger partial charge in [0.2, 0.25) is 17.7 Å². The van der Waals surface area contributed by atoms with Crippen molar-refractivity contribution in [2.45, 2.75) is 50.1 Å². The molecule has 46 heavy (non-hydrogen) atoms. The molecule has 0 N–H and O–H groups in total. The van der Waals surface area contributed by atoms with E-state index in [4.69, 9.17) is 11.6 Å². The number of piperidine rings is 1. The van der Waals surface area contributed by atoms with E-state index in [9.17, 15) is 27.6 Å². The van der Waals surface area contributed by atoms with Crippen LogP contribution in [-0.4, -0.2) is 96.6 Å². The first-order valence-corrected chi connectivity index (χ1v) is 15.6. The Morgan fingerprint density at radius 3 is 2.50 bits per heavy atom. The first-order chi connectivity index (χ1) is 21.7. The minimum atomic E-state index is -4.68. The van der Waals surface area contributed by atoms with Crippen molar-refractivity contribution in [1.82, 2.24) is 14.8 Å². The van der Waals surface area contributed by atoms with Crippen LogP contribution in [0.25, 0.3) is 0 Å². The molecule has 1 aromatic heterocycles. The molecule has 5 heterocycles. The van der Waals surface area contributed by atoms with Gasteiger partial charge in [-0.3, -0.25) is 24.2 Å². The van der Waals surface area contributed by atoms with Gasteiger partial charge in [-0.2, -0.15) is 13.2 Å². The van der Waals surface area contributed by atoms with Crippen LogP contribution >= 0.6 is 11.6 Å². The number of hydrogen-bond donors (Lipinski definition) is 0. The van der Waals surface area contributed by atoms with Gasteiger partial charge in [-0.25, -0.2) is 9.37 Å². The van der Waals surface area contributed by atoms with Crippen molar-refractivity contribution in [2.75, 3.05) is 61.0 Å². The zero-order valence-corrected chi connectivity index (χ0v) is 26.3. The lowest BCUT2D eigenvalue weighted by Crippen LogP contribution is -2.63. The SMILES string of the molecule is C=CC(=O)N1CC(N2CCC(F)(CN3C[C@H]4CC(=O)N(c5cc(C(F)(F)F)cc(C)n5)[C@@H]4C(=O)N(C)c4cccc(Cl)c43)CC2)C1. The summed E-state index contributed by atoms with van der Waals surface area (Å²) >= 11 is 6.71. The first-order valence-electron chi connectivity index (χ1n) is 15.2. The second kappa shape index (κ2) is 11.8. The molecule has 9 nitrogen and oxygen atoms in total. The fourth-order valence-corrected chi connectivity index (χ4v) is 7.48. The summed E-state index contributed by atoms with van der Waals surface area (Å²) < 4.78 is 57.8. The molecule has 4 aliphatic rings. The number of hydrogen-bond acceptors (Lipinski definition) is 6. The number of aromatic nitrogens is 1. The maximum absolute atomic E-state index is 16.7. The summed E-state index contributed by atoms with van der Waals surface area (Å²) in [7, 11) is 1.52. The number of fused-ring (bicyclic) bond motifs is 2. The number of nitrogens with zero attached hydrogens (tertiary/aromatic N) is 6.